The van der Waals surface area contributed by atoms with Gasteiger partial charge in [0.2, 0.25) is 0 Å². The molecule has 5 nitrogen and oxygen atoms in total. The fourth-order valence-electron chi connectivity index (χ4n) is 7.00. The molecule has 6 heteroatoms. The number of anilines is 6. The smallest absolute Gasteiger partial charge is 0.165 e. The van der Waals surface area contributed by atoms with Crippen molar-refractivity contribution >= 4 is 45.2 Å². The maximum absolute atomic E-state index is 11.9. The first-order valence-electron chi connectivity index (χ1n) is 16.8. The predicted molar refractivity (Wildman–Crippen MR) is 201 cm³/mol. The van der Waals surface area contributed by atoms with E-state index in [1.54, 1.807) is 0 Å². The molecule has 0 saturated carbocycles. The summed E-state index contributed by atoms with van der Waals surface area (Å²) in [4.78, 5) is 14.3. The molecule has 0 fully saturated rings. The summed E-state index contributed by atoms with van der Waals surface area (Å²) < 4.78 is 0. The van der Waals surface area contributed by atoms with Crippen LogP contribution in [0.1, 0.15) is 50.3 Å². The second-order valence-electron chi connectivity index (χ2n) is 13.4. The molecule has 8 rings (SSSR count). The van der Waals surface area contributed by atoms with Gasteiger partial charge in [0.05, 0.1) is 5.69 Å². The standard InChI is InChI=1S/C44H37N4O.Pt/c1-29(2)31-25-26-45-41(28-31)48-38-18-12-11-17-35(38)44(3,4)36-22-19-32(27-40(36)48)37-23-20-30-21-24-39(43(49)42(30)46-37)47(33-13-7-5-8-14-33)34-15-9-6-10-16-34;/h5-26,28-29,49H,1-4H3;/q-1;. The summed E-state index contributed by atoms with van der Waals surface area (Å²) in [5.41, 5.74) is 10.1. The molecule has 2 aromatic heterocycles. The van der Waals surface area contributed by atoms with Gasteiger partial charge in [0, 0.05) is 49.7 Å². The third kappa shape index (κ3) is 5.66. The summed E-state index contributed by atoms with van der Waals surface area (Å²) in [5, 5.41) is 12.8. The zero-order chi connectivity index (χ0) is 33.7. The number of rotatable bonds is 6. The normalized spacial score (nSPS) is 13.0. The number of pyridine rings is 2. The van der Waals surface area contributed by atoms with E-state index in [1.807, 2.05) is 91.1 Å². The monoisotopic (exact) mass is 832 g/mol. The number of nitrogens with zero attached hydrogens (tertiary/aromatic N) is 4. The van der Waals surface area contributed by atoms with Crippen LogP contribution in [0.2, 0.25) is 0 Å². The summed E-state index contributed by atoms with van der Waals surface area (Å²) in [5.74, 6) is 1.35. The van der Waals surface area contributed by atoms with E-state index in [1.165, 1.54) is 16.7 Å². The Labute approximate surface area is 308 Å². The van der Waals surface area contributed by atoms with E-state index >= 15 is 0 Å². The number of benzene rings is 5. The molecule has 0 radical (unpaired) electrons. The van der Waals surface area contributed by atoms with E-state index in [9.17, 15) is 5.11 Å². The number of aromatic hydroxyl groups is 1. The van der Waals surface area contributed by atoms with E-state index in [2.05, 4.69) is 92.1 Å². The van der Waals surface area contributed by atoms with Crippen LogP contribution in [0.4, 0.5) is 34.3 Å². The minimum absolute atomic E-state index is 0. The predicted octanol–water partition coefficient (Wildman–Crippen LogP) is 11.5. The number of aromatic nitrogens is 2. The van der Waals surface area contributed by atoms with Crippen LogP contribution in [0.3, 0.4) is 0 Å². The summed E-state index contributed by atoms with van der Waals surface area (Å²) in [7, 11) is 0. The molecule has 0 bridgehead atoms. The van der Waals surface area contributed by atoms with Gasteiger partial charge in [0.15, 0.2) is 5.75 Å². The van der Waals surface area contributed by atoms with Crippen LogP contribution in [-0.4, -0.2) is 15.1 Å². The van der Waals surface area contributed by atoms with Crippen molar-refractivity contribution in [3.8, 4) is 17.0 Å². The van der Waals surface area contributed by atoms with Gasteiger partial charge >= 0.3 is 0 Å². The van der Waals surface area contributed by atoms with E-state index in [4.69, 9.17) is 9.97 Å². The van der Waals surface area contributed by atoms with Gasteiger partial charge in [0.25, 0.3) is 0 Å². The van der Waals surface area contributed by atoms with Crippen LogP contribution in [0.15, 0.2) is 140 Å². The molecule has 250 valence electrons. The summed E-state index contributed by atoms with van der Waals surface area (Å²) >= 11 is 0. The molecule has 3 heterocycles. The molecule has 0 unspecified atom stereocenters. The van der Waals surface area contributed by atoms with Crippen LogP contribution in [0.5, 0.6) is 5.75 Å². The van der Waals surface area contributed by atoms with Crippen LogP contribution < -0.4 is 9.80 Å². The van der Waals surface area contributed by atoms with Crippen molar-refractivity contribution in [1.29, 1.82) is 0 Å². The molecular weight excluding hydrogens is 796 g/mol. The Morgan fingerprint density at radius 2 is 1.40 bits per heavy atom. The van der Waals surface area contributed by atoms with Gasteiger partial charge in [0.1, 0.15) is 11.3 Å². The Morgan fingerprint density at radius 3 is 2.10 bits per heavy atom. The topological polar surface area (TPSA) is 52.5 Å². The number of fused-ring (bicyclic) bond motifs is 3. The molecule has 0 atom stereocenters. The fraction of sp³-hybridized carbons (Fsp3) is 0.136. The molecule has 7 aromatic rings. The maximum atomic E-state index is 11.9. The van der Waals surface area contributed by atoms with Crippen molar-refractivity contribution in [1.82, 2.24) is 9.97 Å². The van der Waals surface area contributed by atoms with Crippen molar-refractivity contribution in [3.05, 3.63) is 162 Å². The van der Waals surface area contributed by atoms with Gasteiger partial charge in [-0.3, -0.25) is 4.98 Å². The second-order valence-corrected chi connectivity index (χ2v) is 13.4. The van der Waals surface area contributed by atoms with Gasteiger partial charge in [-0.05, 0) is 82.4 Å². The molecule has 50 heavy (non-hydrogen) atoms. The Bertz CT molecular complexity index is 2280. The molecular formula is C44H37N4OPt-. The minimum atomic E-state index is -0.255. The summed E-state index contributed by atoms with van der Waals surface area (Å²) in [6, 6.07) is 49.1. The number of phenols is 1. The Hall–Kier alpha value is -5.25. The van der Waals surface area contributed by atoms with E-state index < -0.39 is 0 Å². The molecule has 0 saturated heterocycles. The van der Waals surface area contributed by atoms with Crippen LogP contribution in [-0.2, 0) is 26.5 Å². The molecule has 1 N–H and O–H groups in total. The first-order chi connectivity index (χ1) is 23.8. The number of phenolic OH excluding ortho intramolecular Hbond substituents is 1. The summed E-state index contributed by atoms with van der Waals surface area (Å²) in [6.45, 7) is 8.95. The average molecular weight is 833 g/mol. The quantitative estimate of drug-likeness (QED) is 0.169. The number of hydrogen-bond donors (Lipinski definition) is 1. The van der Waals surface area contributed by atoms with E-state index in [-0.39, 0.29) is 32.2 Å². The van der Waals surface area contributed by atoms with Gasteiger partial charge in [-0.2, -0.15) is 0 Å². The number of hydrogen-bond acceptors (Lipinski definition) is 5. The largest absolute Gasteiger partial charge is 0.504 e. The van der Waals surface area contributed by atoms with Crippen LogP contribution in [0, 0.1) is 6.07 Å². The molecule has 1 aliphatic heterocycles. The van der Waals surface area contributed by atoms with E-state index in [0.29, 0.717) is 17.1 Å². The first kappa shape index (κ1) is 33.3. The Balaban J connectivity index is 0.00000392. The Kier molecular flexibility index (Phi) is 8.80. The summed E-state index contributed by atoms with van der Waals surface area (Å²) in [6.07, 6.45) is 1.90. The first-order valence-corrected chi connectivity index (χ1v) is 16.8. The molecule has 0 spiro atoms. The number of para-hydroxylation sites is 3. The zero-order valence-electron chi connectivity index (χ0n) is 28.4. The zero-order valence-corrected chi connectivity index (χ0v) is 30.7. The molecule has 0 aliphatic carbocycles. The minimum Gasteiger partial charge on any atom is -0.504 e. The fourth-order valence-corrected chi connectivity index (χ4v) is 7.00. The molecule has 5 aromatic carbocycles. The van der Waals surface area contributed by atoms with E-state index in [0.717, 1.165) is 45.2 Å². The van der Waals surface area contributed by atoms with Gasteiger partial charge in [-0.15, -0.1) is 23.8 Å². The van der Waals surface area contributed by atoms with Crippen LogP contribution in [0.25, 0.3) is 22.2 Å². The van der Waals surface area contributed by atoms with Crippen molar-refractivity contribution in [2.24, 2.45) is 0 Å². The van der Waals surface area contributed by atoms with Crippen molar-refractivity contribution in [3.63, 3.8) is 0 Å². The van der Waals surface area contributed by atoms with Crippen molar-refractivity contribution < 1.29 is 26.2 Å². The molecule has 1 aliphatic rings. The van der Waals surface area contributed by atoms with Gasteiger partial charge in [-0.25, -0.2) is 4.98 Å². The van der Waals surface area contributed by atoms with Crippen molar-refractivity contribution in [2.75, 3.05) is 9.80 Å². The third-order valence-electron chi connectivity index (χ3n) is 9.67. The SMILES string of the molecule is CC(C)c1ccnc(N2c3[c-]c(-c4ccc5ccc(N(c6ccccc6)c6ccccc6)c(O)c5n4)ccc3C(C)(C)c3ccccc32)c1.[Pt]. The second kappa shape index (κ2) is 13.2. The maximum Gasteiger partial charge on any atom is 0.165 e. The van der Waals surface area contributed by atoms with Gasteiger partial charge < -0.3 is 14.9 Å². The Morgan fingerprint density at radius 1 is 0.740 bits per heavy atom. The van der Waals surface area contributed by atoms with Crippen LogP contribution >= 0.6 is 0 Å². The molecule has 0 amide bonds. The average Bonchev–Trinajstić information content (AvgIpc) is 3.13. The van der Waals surface area contributed by atoms with Crippen molar-refractivity contribution in [2.45, 2.75) is 39.0 Å². The third-order valence-corrected chi connectivity index (χ3v) is 9.67. The van der Waals surface area contributed by atoms with Gasteiger partial charge in [-0.1, -0.05) is 106 Å².